The molecule has 0 rings (SSSR count). The molecule has 0 bridgehead atoms. The van der Waals surface area contributed by atoms with Crippen LogP contribution in [0.1, 0.15) is 33.6 Å². The Morgan fingerprint density at radius 3 is 2.39 bits per heavy atom. The van der Waals surface area contributed by atoms with Crippen LogP contribution in [0.2, 0.25) is 0 Å². The predicted molar refractivity (Wildman–Crippen MR) is 68.5 cm³/mol. The van der Waals surface area contributed by atoms with Crippen molar-refractivity contribution < 1.29 is 19.4 Å². The molecule has 0 radical (unpaired) electrons. The van der Waals surface area contributed by atoms with Gasteiger partial charge in [0.05, 0.1) is 12.5 Å². The Labute approximate surface area is 108 Å². The summed E-state index contributed by atoms with van der Waals surface area (Å²) in [4.78, 5) is 22.0. The third-order valence-corrected chi connectivity index (χ3v) is 2.91. The number of amides is 2. The molecule has 6 heteroatoms. The Morgan fingerprint density at radius 2 is 1.94 bits per heavy atom. The Morgan fingerprint density at radius 1 is 1.33 bits per heavy atom. The third-order valence-electron chi connectivity index (χ3n) is 2.91. The average molecular weight is 260 g/mol. The van der Waals surface area contributed by atoms with Crippen molar-refractivity contribution in [3.63, 3.8) is 0 Å². The lowest BCUT2D eigenvalue weighted by molar-refractivity contribution is -0.139. The number of carbonyl (C=O) groups is 2. The first-order chi connectivity index (χ1) is 8.30. The van der Waals surface area contributed by atoms with Crippen molar-refractivity contribution in [1.29, 1.82) is 0 Å². The first-order valence-corrected chi connectivity index (χ1v) is 6.07. The summed E-state index contributed by atoms with van der Waals surface area (Å²) in [6.07, 6.45) is 0.331. The summed E-state index contributed by atoms with van der Waals surface area (Å²) in [7, 11) is 1.42. The molecular formula is C12H24N2O4. The number of aliphatic carboxylic acids is 1. The summed E-state index contributed by atoms with van der Waals surface area (Å²) >= 11 is 0. The summed E-state index contributed by atoms with van der Waals surface area (Å²) in [6.45, 7) is 6.95. The molecule has 0 saturated carbocycles. The van der Waals surface area contributed by atoms with Gasteiger partial charge < -0.3 is 20.5 Å². The van der Waals surface area contributed by atoms with Gasteiger partial charge in [-0.2, -0.15) is 0 Å². The van der Waals surface area contributed by atoms with Gasteiger partial charge in [0.1, 0.15) is 0 Å². The van der Waals surface area contributed by atoms with E-state index in [9.17, 15) is 9.59 Å². The van der Waals surface area contributed by atoms with Gasteiger partial charge >= 0.3 is 12.0 Å². The number of carbonyl (C=O) groups excluding carboxylic acids is 1. The molecular weight excluding hydrogens is 236 g/mol. The molecule has 0 spiro atoms. The van der Waals surface area contributed by atoms with Crippen LogP contribution >= 0.6 is 0 Å². The number of hydrogen-bond acceptors (Lipinski definition) is 3. The molecule has 0 aliphatic carbocycles. The number of carboxylic acid groups (broad SMARTS) is 1. The molecule has 18 heavy (non-hydrogen) atoms. The van der Waals surface area contributed by atoms with Crippen LogP contribution in [0.3, 0.4) is 0 Å². The zero-order chi connectivity index (χ0) is 14.2. The van der Waals surface area contributed by atoms with Gasteiger partial charge in [0.25, 0.3) is 0 Å². The van der Waals surface area contributed by atoms with Gasteiger partial charge in [-0.25, -0.2) is 4.79 Å². The minimum Gasteiger partial charge on any atom is -0.481 e. The fraction of sp³-hybridized carbons (Fsp3) is 0.833. The molecule has 0 saturated heterocycles. The molecule has 0 fully saturated rings. The van der Waals surface area contributed by atoms with E-state index < -0.39 is 12.1 Å². The van der Waals surface area contributed by atoms with E-state index >= 15 is 0 Å². The van der Waals surface area contributed by atoms with E-state index in [4.69, 9.17) is 9.84 Å². The lowest BCUT2D eigenvalue weighted by atomic mass is 9.90. The van der Waals surface area contributed by atoms with Crippen molar-refractivity contribution in [2.75, 3.05) is 20.2 Å². The number of carboxylic acids is 1. The van der Waals surface area contributed by atoms with E-state index in [1.807, 2.05) is 0 Å². The van der Waals surface area contributed by atoms with Gasteiger partial charge in [-0.3, -0.25) is 4.79 Å². The second kappa shape index (κ2) is 7.92. The molecule has 3 N–H and O–H groups in total. The lowest BCUT2D eigenvalue weighted by Gasteiger charge is -2.23. The van der Waals surface area contributed by atoms with E-state index in [2.05, 4.69) is 31.4 Å². The van der Waals surface area contributed by atoms with Crippen LogP contribution in [0, 0.1) is 5.41 Å². The van der Waals surface area contributed by atoms with Crippen LogP contribution < -0.4 is 10.6 Å². The third kappa shape index (κ3) is 7.89. The van der Waals surface area contributed by atoms with Gasteiger partial charge in [0.15, 0.2) is 0 Å². The normalized spacial score (nSPS) is 12.9. The Bertz CT molecular complexity index is 279. The van der Waals surface area contributed by atoms with Crippen molar-refractivity contribution >= 4 is 12.0 Å². The van der Waals surface area contributed by atoms with Crippen LogP contribution in [-0.2, 0) is 9.53 Å². The molecule has 0 aliphatic heterocycles. The topological polar surface area (TPSA) is 87.7 Å². The first-order valence-electron chi connectivity index (χ1n) is 6.07. The molecule has 106 valence electrons. The number of urea groups is 1. The fourth-order valence-electron chi connectivity index (χ4n) is 1.15. The van der Waals surface area contributed by atoms with Gasteiger partial charge in [0, 0.05) is 20.2 Å². The largest absolute Gasteiger partial charge is 0.481 e. The molecule has 6 nitrogen and oxygen atoms in total. The van der Waals surface area contributed by atoms with Crippen molar-refractivity contribution in [3.8, 4) is 0 Å². The quantitative estimate of drug-likeness (QED) is 0.612. The number of ether oxygens (including phenoxy) is 1. The number of methoxy groups -OCH3 is 1. The first kappa shape index (κ1) is 16.7. The SMILES string of the molecule is CCC(C)(C)CNC(=O)NCC(CC(=O)O)OC. The van der Waals surface area contributed by atoms with E-state index in [-0.39, 0.29) is 24.4 Å². The average Bonchev–Trinajstić information content (AvgIpc) is 2.31. The van der Waals surface area contributed by atoms with Gasteiger partial charge in [0.2, 0.25) is 0 Å². The van der Waals surface area contributed by atoms with E-state index in [0.29, 0.717) is 6.54 Å². The Kier molecular flexibility index (Phi) is 7.35. The summed E-state index contributed by atoms with van der Waals surface area (Å²) < 4.78 is 4.95. The van der Waals surface area contributed by atoms with Crippen LogP contribution in [0.4, 0.5) is 4.79 Å². The maximum Gasteiger partial charge on any atom is 0.314 e. The highest BCUT2D eigenvalue weighted by molar-refractivity contribution is 5.74. The lowest BCUT2D eigenvalue weighted by Crippen LogP contribution is -2.43. The highest BCUT2D eigenvalue weighted by Crippen LogP contribution is 2.17. The maximum atomic E-state index is 11.5. The highest BCUT2D eigenvalue weighted by Gasteiger charge is 2.17. The van der Waals surface area contributed by atoms with Gasteiger partial charge in [-0.15, -0.1) is 0 Å². The van der Waals surface area contributed by atoms with Crippen molar-refractivity contribution in [2.24, 2.45) is 5.41 Å². The van der Waals surface area contributed by atoms with E-state index in [0.717, 1.165) is 6.42 Å². The fourth-order valence-corrected chi connectivity index (χ4v) is 1.15. The molecule has 0 aromatic heterocycles. The second-order valence-electron chi connectivity index (χ2n) is 5.04. The Balaban J connectivity index is 3.91. The van der Waals surface area contributed by atoms with Crippen LogP contribution in [0.15, 0.2) is 0 Å². The molecule has 0 aliphatic rings. The molecule has 1 unspecified atom stereocenters. The monoisotopic (exact) mass is 260 g/mol. The number of rotatable bonds is 8. The number of hydrogen-bond donors (Lipinski definition) is 3. The van der Waals surface area contributed by atoms with Crippen LogP contribution in [0.25, 0.3) is 0 Å². The molecule has 2 amide bonds. The second-order valence-corrected chi connectivity index (χ2v) is 5.04. The Hall–Kier alpha value is -1.30. The van der Waals surface area contributed by atoms with Crippen molar-refractivity contribution in [2.45, 2.75) is 39.7 Å². The zero-order valence-electron chi connectivity index (χ0n) is 11.6. The van der Waals surface area contributed by atoms with E-state index in [1.165, 1.54) is 7.11 Å². The predicted octanol–water partition coefficient (Wildman–Crippen LogP) is 1.21. The van der Waals surface area contributed by atoms with Crippen molar-refractivity contribution in [3.05, 3.63) is 0 Å². The molecule has 0 aromatic carbocycles. The summed E-state index contributed by atoms with van der Waals surface area (Å²) in [5.41, 5.74) is 0.0546. The zero-order valence-corrected chi connectivity index (χ0v) is 11.6. The van der Waals surface area contributed by atoms with Gasteiger partial charge in [-0.05, 0) is 11.8 Å². The minimum atomic E-state index is -0.948. The van der Waals surface area contributed by atoms with Crippen LogP contribution in [-0.4, -0.2) is 43.4 Å². The number of nitrogens with one attached hydrogen (secondary N) is 2. The smallest absolute Gasteiger partial charge is 0.314 e. The molecule has 0 heterocycles. The summed E-state index contributed by atoms with van der Waals surface area (Å²) in [5, 5.41) is 14.0. The summed E-state index contributed by atoms with van der Waals surface area (Å²) in [6, 6.07) is -0.302. The highest BCUT2D eigenvalue weighted by atomic mass is 16.5. The summed E-state index contributed by atoms with van der Waals surface area (Å²) in [5.74, 6) is -0.948. The van der Waals surface area contributed by atoms with E-state index in [1.54, 1.807) is 0 Å². The van der Waals surface area contributed by atoms with Crippen molar-refractivity contribution in [1.82, 2.24) is 10.6 Å². The maximum absolute atomic E-state index is 11.5. The minimum absolute atomic E-state index is 0.0546. The van der Waals surface area contributed by atoms with Gasteiger partial charge in [-0.1, -0.05) is 20.8 Å². The standard InChI is InChI=1S/C12H24N2O4/c1-5-12(2,3)8-14-11(17)13-7-9(18-4)6-10(15)16/h9H,5-8H2,1-4H3,(H,15,16)(H2,13,14,17). The van der Waals surface area contributed by atoms with Crippen LogP contribution in [0.5, 0.6) is 0 Å². The molecule has 1 atom stereocenters. The molecule has 0 aromatic rings.